The number of amides is 2. The van der Waals surface area contributed by atoms with Crippen molar-refractivity contribution in [3.63, 3.8) is 0 Å². The summed E-state index contributed by atoms with van der Waals surface area (Å²) in [4.78, 5) is 29.6. The van der Waals surface area contributed by atoms with Crippen LogP contribution < -0.4 is 0 Å². The summed E-state index contributed by atoms with van der Waals surface area (Å²) in [5.74, 6) is 0.239. The first kappa shape index (κ1) is 11.2. The van der Waals surface area contributed by atoms with Crippen molar-refractivity contribution in [2.24, 2.45) is 5.92 Å². The molecule has 0 unspecified atom stereocenters. The van der Waals surface area contributed by atoms with Crippen LogP contribution in [0, 0.1) is 5.92 Å². The summed E-state index contributed by atoms with van der Waals surface area (Å²) < 4.78 is 0. The van der Waals surface area contributed by atoms with Crippen LogP contribution in [0.5, 0.6) is 0 Å². The molecule has 5 nitrogen and oxygen atoms in total. The molecule has 90 valence electrons. The van der Waals surface area contributed by atoms with Gasteiger partial charge in [0.1, 0.15) is 0 Å². The van der Waals surface area contributed by atoms with Crippen LogP contribution in [0.2, 0.25) is 0 Å². The van der Waals surface area contributed by atoms with E-state index in [-0.39, 0.29) is 6.03 Å². The Bertz CT molecular complexity index is 289. The van der Waals surface area contributed by atoms with Gasteiger partial charge < -0.3 is 9.74 Å². The fourth-order valence-electron chi connectivity index (χ4n) is 1.93. The molecule has 0 radical (unpaired) electrons. The van der Waals surface area contributed by atoms with E-state index >= 15 is 0 Å². The van der Waals surface area contributed by atoms with Crippen molar-refractivity contribution in [3.8, 4) is 0 Å². The van der Waals surface area contributed by atoms with E-state index in [1.54, 1.807) is 0 Å². The van der Waals surface area contributed by atoms with Crippen LogP contribution in [0.3, 0.4) is 0 Å². The third-order valence-corrected chi connectivity index (χ3v) is 2.94. The number of carbonyl (C=O) groups is 2. The van der Waals surface area contributed by atoms with Gasteiger partial charge >= 0.3 is 12.0 Å². The third-order valence-electron chi connectivity index (χ3n) is 2.94. The highest BCUT2D eigenvalue weighted by Gasteiger charge is 2.31. The van der Waals surface area contributed by atoms with Crippen molar-refractivity contribution in [2.45, 2.75) is 32.6 Å². The maximum atomic E-state index is 12.0. The fourth-order valence-corrected chi connectivity index (χ4v) is 1.93. The molecule has 1 aliphatic carbocycles. The monoisotopic (exact) mass is 226 g/mol. The Morgan fingerprint density at radius 2 is 2.06 bits per heavy atom. The molecule has 1 heterocycles. The Hall–Kier alpha value is -1.26. The van der Waals surface area contributed by atoms with Crippen LogP contribution in [0.25, 0.3) is 0 Å². The summed E-state index contributed by atoms with van der Waals surface area (Å²) >= 11 is 0. The van der Waals surface area contributed by atoms with E-state index in [2.05, 4.69) is 0 Å². The predicted molar refractivity (Wildman–Crippen MR) is 57.4 cm³/mol. The van der Waals surface area contributed by atoms with Gasteiger partial charge in [0, 0.05) is 20.0 Å². The highest BCUT2D eigenvalue weighted by atomic mass is 16.7. The van der Waals surface area contributed by atoms with Crippen molar-refractivity contribution >= 4 is 12.0 Å². The van der Waals surface area contributed by atoms with E-state index in [0.717, 1.165) is 25.9 Å². The van der Waals surface area contributed by atoms with Crippen LogP contribution in [0.1, 0.15) is 32.6 Å². The largest absolute Gasteiger partial charge is 0.353 e. The molecule has 2 fully saturated rings. The number of rotatable bonds is 3. The molecule has 16 heavy (non-hydrogen) atoms. The van der Waals surface area contributed by atoms with Crippen molar-refractivity contribution < 1.29 is 14.4 Å². The molecule has 0 aromatic heterocycles. The highest BCUT2D eigenvalue weighted by Crippen LogP contribution is 2.30. The lowest BCUT2D eigenvalue weighted by molar-refractivity contribution is -0.175. The second-order valence-electron chi connectivity index (χ2n) is 4.56. The van der Waals surface area contributed by atoms with Gasteiger partial charge in [-0.3, -0.25) is 4.79 Å². The molecule has 2 aliphatic rings. The van der Waals surface area contributed by atoms with Crippen LogP contribution in [0.4, 0.5) is 4.79 Å². The van der Waals surface area contributed by atoms with Crippen molar-refractivity contribution in [2.75, 3.05) is 19.6 Å². The number of urea groups is 1. The summed E-state index contributed by atoms with van der Waals surface area (Å²) in [6, 6.07) is -0.153. The highest BCUT2D eigenvalue weighted by molar-refractivity contribution is 5.76. The van der Waals surface area contributed by atoms with Gasteiger partial charge in [0.05, 0.1) is 6.54 Å². The second-order valence-corrected chi connectivity index (χ2v) is 4.56. The lowest BCUT2D eigenvalue weighted by Crippen LogP contribution is -2.43. The van der Waals surface area contributed by atoms with Gasteiger partial charge in [-0.2, -0.15) is 5.06 Å². The average molecular weight is 226 g/mol. The summed E-state index contributed by atoms with van der Waals surface area (Å²) in [7, 11) is 0. The van der Waals surface area contributed by atoms with E-state index < -0.39 is 5.97 Å². The van der Waals surface area contributed by atoms with Gasteiger partial charge in [0.2, 0.25) is 0 Å². The maximum absolute atomic E-state index is 12.0. The van der Waals surface area contributed by atoms with Gasteiger partial charge in [-0.1, -0.05) is 0 Å². The van der Waals surface area contributed by atoms with Gasteiger partial charge in [0.15, 0.2) is 0 Å². The molecule has 1 saturated carbocycles. The maximum Gasteiger partial charge on any atom is 0.353 e. The predicted octanol–water partition coefficient (Wildman–Crippen LogP) is 1.39. The molecule has 0 bridgehead atoms. The van der Waals surface area contributed by atoms with E-state index in [0.29, 0.717) is 12.5 Å². The molecule has 1 aliphatic heterocycles. The minimum Gasteiger partial charge on any atom is -0.337 e. The summed E-state index contributed by atoms with van der Waals surface area (Å²) in [6.07, 6.45) is 4.31. The van der Waals surface area contributed by atoms with Gasteiger partial charge in [-0.05, 0) is 31.6 Å². The first-order valence-electron chi connectivity index (χ1n) is 5.92. The van der Waals surface area contributed by atoms with Crippen LogP contribution >= 0.6 is 0 Å². The zero-order chi connectivity index (χ0) is 11.5. The Morgan fingerprint density at radius 1 is 1.38 bits per heavy atom. The van der Waals surface area contributed by atoms with Crippen molar-refractivity contribution in [1.82, 2.24) is 9.96 Å². The molecule has 0 atom stereocenters. The van der Waals surface area contributed by atoms with E-state index in [4.69, 9.17) is 4.84 Å². The average Bonchev–Trinajstić information content (AvgIpc) is 3.02. The van der Waals surface area contributed by atoms with E-state index in [1.807, 2.05) is 4.90 Å². The van der Waals surface area contributed by atoms with Gasteiger partial charge in [0.25, 0.3) is 0 Å². The number of hydroxylamine groups is 2. The first-order chi connectivity index (χ1) is 7.66. The standard InChI is InChI=1S/C11H18N2O3/c1-9(14)16-13-7-3-2-6-12(11(13)15)8-10-4-5-10/h10H,2-8H2,1H3. The summed E-state index contributed by atoms with van der Waals surface area (Å²) in [5, 5.41) is 1.21. The first-order valence-corrected chi connectivity index (χ1v) is 5.92. The number of nitrogens with zero attached hydrogens (tertiary/aromatic N) is 2. The lowest BCUT2D eigenvalue weighted by Gasteiger charge is -2.25. The van der Waals surface area contributed by atoms with Crippen molar-refractivity contribution in [3.05, 3.63) is 0 Å². The normalized spacial score (nSPS) is 21.9. The fraction of sp³-hybridized carbons (Fsp3) is 0.818. The zero-order valence-electron chi connectivity index (χ0n) is 9.65. The van der Waals surface area contributed by atoms with Gasteiger partial charge in [-0.15, -0.1) is 0 Å². The molecule has 5 heteroatoms. The molecule has 0 N–H and O–H groups in total. The molecule has 0 aromatic rings. The molecule has 2 amide bonds. The number of carbonyl (C=O) groups excluding carboxylic acids is 2. The Kier molecular flexibility index (Phi) is 3.31. The van der Waals surface area contributed by atoms with Crippen molar-refractivity contribution in [1.29, 1.82) is 0 Å². The minimum absolute atomic E-state index is 0.153. The topological polar surface area (TPSA) is 49.9 Å². The summed E-state index contributed by atoms with van der Waals surface area (Å²) in [6.45, 7) is 3.44. The summed E-state index contributed by atoms with van der Waals surface area (Å²) in [5.41, 5.74) is 0. The molecular weight excluding hydrogens is 208 g/mol. The quantitative estimate of drug-likeness (QED) is 0.730. The minimum atomic E-state index is -0.429. The second kappa shape index (κ2) is 4.72. The Morgan fingerprint density at radius 3 is 2.69 bits per heavy atom. The lowest BCUT2D eigenvalue weighted by atomic mass is 10.3. The molecular formula is C11H18N2O3. The van der Waals surface area contributed by atoms with Gasteiger partial charge in [-0.25, -0.2) is 4.79 Å². The van der Waals surface area contributed by atoms with E-state index in [1.165, 1.54) is 24.8 Å². The molecule has 2 rings (SSSR count). The smallest absolute Gasteiger partial charge is 0.337 e. The molecule has 0 aromatic carbocycles. The van der Waals surface area contributed by atoms with E-state index in [9.17, 15) is 9.59 Å². The molecule has 0 spiro atoms. The zero-order valence-corrected chi connectivity index (χ0v) is 9.65. The van der Waals surface area contributed by atoms with Crippen LogP contribution in [0.15, 0.2) is 0 Å². The Balaban J connectivity index is 1.95. The third kappa shape index (κ3) is 2.87. The van der Waals surface area contributed by atoms with Crippen LogP contribution in [-0.4, -0.2) is 41.6 Å². The number of hydrogen-bond donors (Lipinski definition) is 0. The van der Waals surface area contributed by atoms with Crippen LogP contribution in [-0.2, 0) is 9.63 Å². The number of hydrogen-bond acceptors (Lipinski definition) is 3. The SMILES string of the molecule is CC(=O)ON1CCCCN(CC2CC2)C1=O. The Labute approximate surface area is 95.3 Å². The molecule has 1 saturated heterocycles.